The predicted molar refractivity (Wildman–Crippen MR) is 45.9 cm³/mol. The Balaban J connectivity index is 2.82. The van der Waals surface area contributed by atoms with Crippen molar-refractivity contribution in [3.63, 3.8) is 0 Å². The van der Waals surface area contributed by atoms with Crippen molar-refractivity contribution < 1.29 is 22.7 Å². The van der Waals surface area contributed by atoms with Gasteiger partial charge in [-0.3, -0.25) is 4.79 Å². The van der Waals surface area contributed by atoms with Crippen LogP contribution in [0, 0.1) is 0 Å². The number of ketones is 1. The molecule has 0 N–H and O–H groups in total. The fourth-order valence-electron chi connectivity index (χ4n) is 0.802. The van der Waals surface area contributed by atoms with Crippen molar-refractivity contribution in [2.45, 2.75) is 13.1 Å². The van der Waals surface area contributed by atoms with E-state index in [9.17, 15) is 18.0 Å². The van der Waals surface area contributed by atoms with Crippen LogP contribution in [0.4, 0.5) is 13.2 Å². The lowest BCUT2D eigenvalue weighted by atomic mass is 10.3. The molecule has 0 amide bonds. The third-order valence-corrected chi connectivity index (χ3v) is 2.35. The highest BCUT2D eigenvalue weighted by Crippen LogP contribution is 2.30. The van der Waals surface area contributed by atoms with Crippen LogP contribution in [0.2, 0.25) is 0 Å². The van der Waals surface area contributed by atoms with Crippen LogP contribution in [0.1, 0.15) is 16.6 Å². The topological polar surface area (TPSA) is 26.3 Å². The predicted octanol–water partition coefficient (Wildman–Crippen LogP) is 2.89. The highest BCUT2D eigenvalue weighted by molar-refractivity contribution is 7.15. The summed E-state index contributed by atoms with van der Waals surface area (Å²) in [7, 11) is 0. The standard InChI is InChI=1S/C8H7F3O2S/c1-2-13-6-4-3-5(14-6)7(12)8(9,10)11/h3-4H,2H2,1H3. The monoisotopic (exact) mass is 224 g/mol. The van der Waals surface area contributed by atoms with E-state index in [4.69, 9.17) is 4.74 Å². The summed E-state index contributed by atoms with van der Waals surface area (Å²) in [6.07, 6.45) is -4.81. The molecule has 0 bridgehead atoms. The van der Waals surface area contributed by atoms with E-state index in [0.717, 1.165) is 6.07 Å². The molecule has 0 saturated heterocycles. The van der Waals surface area contributed by atoms with Gasteiger partial charge in [0.1, 0.15) is 0 Å². The van der Waals surface area contributed by atoms with Crippen molar-refractivity contribution in [2.24, 2.45) is 0 Å². The Hall–Kier alpha value is -1.04. The molecule has 0 aromatic carbocycles. The number of carbonyl (C=O) groups is 1. The summed E-state index contributed by atoms with van der Waals surface area (Å²) >= 11 is 0.701. The van der Waals surface area contributed by atoms with E-state index in [1.165, 1.54) is 6.07 Å². The quantitative estimate of drug-likeness (QED) is 0.738. The first-order chi connectivity index (χ1) is 6.45. The molecule has 0 aliphatic heterocycles. The first-order valence-electron chi connectivity index (χ1n) is 3.79. The lowest BCUT2D eigenvalue weighted by Gasteiger charge is -2.01. The fourth-order valence-corrected chi connectivity index (χ4v) is 1.68. The molecule has 0 saturated carbocycles. The first kappa shape index (κ1) is 11.0. The molecule has 0 aliphatic rings. The summed E-state index contributed by atoms with van der Waals surface area (Å²) in [5.41, 5.74) is 0. The van der Waals surface area contributed by atoms with Gasteiger partial charge in [0.15, 0.2) is 5.06 Å². The van der Waals surface area contributed by atoms with Crippen LogP contribution in [-0.2, 0) is 0 Å². The lowest BCUT2D eigenvalue weighted by Crippen LogP contribution is -2.21. The second-order valence-corrected chi connectivity index (χ2v) is 3.42. The van der Waals surface area contributed by atoms with Gasteiger partial charge in [-0.2, -0.15) is 13.2 Å². The Morgan fingerprint density at radius 2 is 2.14 bits per heavy atom. The number of rotatable bonds is 3. The minimum atomic E-state index is -4.81. The zero-order valence-electron chi connectivity index (χ0n) is 7.22. The van der Waals surface area contributed by atoms with Gasteiger partial charge in [-0.05, 0) is 19.1 Å². The molecule has 2 nitrogen and oxygen atoms in total. The number of thiophene rings is 1. The normalized spacial score (nSPS) is 11.4. The number of hydrogen-bond acceptors (Lipinski definition) is 3. The van der Waals surface area contributed by atoms with Crippen LogP contribution in [0.15, 0.2) is 12.1 Å². The summed E-state index contributed by atoms with van der Waals surface area (Å²) in [5.74, 6) is -1.83. The van der Waals surface area contributed by atoms with Crippen LogP contribution >= 0.6 is 11.3 Å². The summed E-state index contributed by atoms with van der Waals surface area (Å²) < 4.78 is 40.8. The van der Waals surface area contributed by atoms with Gasteiger partial charge < -0.3 is 4.74 Å². The average Bonchev–Trinajstić information content (AvgIpc) is 2.50. The molecular formula is C8H7F3O2S. The van der Waals surface area contributed by atoms with E-state index < -0.39 is 12.0 Å². The third kappa shape index (κ3) is 2.47. The van der Waals surface area contributed by atoms with Crippen molar-refractivity contribution in [3.05, 3.63) is 17.0 Å². The second-order valence-electron chi connectivity index (χ2n) is 2.38. The number of alkyl halides is 3. The molecule has 0 radical (unpaired) electrons. The zero-order valence-corrected chi connectivity index (χ0v) is 8.04. The number of Topliss-reactive ketones (excluding diaryl/α,β-unsaturated/α-hetero) is 1. The van der Waals surface area contributed by atoms with Crippen LogP contribution in [0.3, 0.4) is 0 Å². The summed E-state index contributed by atoms with van der Waals surface area (Å²) in [5, 5.41) is 0.320. The van der Waals surface area contributed by atoms with Crippen molar-refractivity contribution in [1.29, 1.82) is 0 Å². The lowest BCUT2D eigenvalue weighted by molar-refractivity contribution is -0.0882. The second kappa shape index (κ2) is 4.00. The van der Waals surface area contributed by atoms with Crippen LogP contribution in [-0.4, -0.2) is 18.6 Å². The van der Waals surface area contributed by atoms with E-state index >= 15 is 0 Å². The van der Waals surface area contributed by atoms with Crippen LogP contribution < -0.4 is 4.74 Å². The smallest absolute Gasteiger partial charge is 0.455 e. The van der Waals surface area contributed by atoms with Crippen molar-refractivity contribution >= 4 is 17.1 Å². The number of ether oxygens (including phenoxy) is 1. The number of halogens is 3. The Labute approximate surface area is 82.3 Å². The fraction of sp³-hybridized carbons (Fsp3) is 0.375. The molecular weight excluding hydrogens is 217 g/mol. The highest BCUT2D eigenvalue weighted by atomic mass is 32.1. The molecule has 0 spiro atoms. The minimum absolute atomic E-state index is 0.320. The van der Waals surface area contributed by atoms with Gasteiger partial charge in [-0.25, -0.2) is 0 Å². The molecule has 0 aliphatic carbocycles. The van der Waals surface area contributed by atoms with Gasteiger partial charge >= 0.3 is 6.18 Å². The van der Waals surface area contributed by atoms with Gasteiger partial charge in [-0.15, -0.1) is 0 Å². The van der Waals surface area contributed by atoms with Gasteiger partial charge in [-0.1, -0.05) is 11.3 Å². The molecule has 0 fully saturated rings. The molecule has 0 atom stereocenters. The Morgan fingerprint density at radius 1 is 1.50 bits per heavy atom. The zero-order chi connectivity index (χ0) is 10.8. The SMILES string of the molecule is CCOc1ccc(C(=O)C(F)(F)F)s1. The van der Waals surface area contributed by atoms with E-state index in [1.807, 2.05) is 0 Å². The first-order valence-corrected chi connectivity index (χ1v) is 4.61. The van der Waals surface area contributed by atoms with Gasteiger partial charge in [0.2, 0.25) is 0 Å². The minimum Gasteiger partial charge on any atom is -0.484 e. The molecule has 1 aromatic rings. The Morgan fingerprint density at radius 3 is 2.64 bits per heavy atom. The van der Waals surface area contributed by atoms with Crippen molar-refractivity contribution in [2.75, 3.05) is 6.61 Å². The van der Waals surface area contributed by atoms with Crippen molar-refractivity contribution in [1.82, 2.24) is 0 Å². The molecule has 1 rings (SSSR count). The van der Waals surface area contributed by atoms with Crippen molar-refractivity contribution in [3.8, 4) is 5.06 Å². The van der Waals surface area contributed by atoms with Crippen LogP contribution in [0.5, 0.6) is 5.06 Å². The van der Waals surface area contributed by atoms with E-state index in [0.29, 0.717) is 23.0 Å². The summed E-state index contributed by atoms with van der Waals surface area (Å²) in [6, 6.07) is 2.47. The Kier molecular flexibility index (Phi) is 3.15. The van der Waals surface area contributed by atoms with E-state index in [2.05, 4.69) is 0 Å². The maximum atomic E-state index is 11.9. The Bertz CT molecular complexity index is 330. The average molecular weight is 224 g/mol. The van der Waals surface area contributed by atoms with E-state index in [-0.39, 0.29) is 4.88 Å². The molecule has 1 aromatic heterocycles. The van der Waals surface area contributed by atoms with Gasteiger partial charge in [0.05, 0.1) is 11.5 Å². The summed E-state index contributed by atoms with van der Waals surface area (Å²) in [4.78, 5) is 10.4. The largest absolute Gasteiger partial charge is 0.484 e. The maximum Gasteiger partial charge on any atom is 0.455 e. The summed E-state index contributed by atoms with van der Waals surface area (Å²) in [6.45, 7) is 2.07. The highest BCUT2D eigenvalue weighted by Gasteiger charge is 2.40. The number of carbonyl (C=O) groups excluding carboxylic acids is 1. The molecule has 78 valence electrons. The van der Waals surface area contributed by atoms with Crippen LogP contribution in [0.25, 0.3) is 0 Å². The van der Waals surface area contributed by atoms with Gasteiger partial charge in [0.25, 0.3) is 5.78 Å². The molecule has 1 heterocycles. The molecule has 14 heavy (non-hydrogen) atoms. The number of hydrogen-bond donors (Lipinski definition) is 0. The van der Waals surface area contributed by atoms with E-state index in [1.54, 1.807) is 6.92 Å². The molecule has 6 heteroatoms. The van der Waals surface area contributed by atoms with Gasteiger partial charge in [0, 0.05) is 0 Å². The molecule has 0 unspecified atom stereocenters. The maximum absolute atomic E-state index is 11.9. The third-order valence-electron chi connectivity index (χ3n) is 1.35.